The Balaban J connectivity index is 1.28. The minimum Gasteiger partial charge on any atom is -0.338 e. The number of hydrogen-bond donors (Lipinski definition) is 1. The normalized spacial score (nSPS) is 15.3. The average molecular weight is 405 g/mol. The topological polar surface area (TPSA) is 71.3 Å². The first kappa shape index (κ1) is 20.3. The second-order valence-electron chi connectivity index (χ2n) is 7.97. The molecule has 1 N–H and O–H groups in total. The van der Waals surface area contributed by atoms with Crippen LogP contribution in [0.2, 0.25) is 0 Å². The highest BCUT2D eigenvalue weighted by atomic mass is 16.5. The summed E-state index contributed by atoms with van der Waals surface area (Å²) in [6.07, 6.45) is 2.66. The molecule has 6 heteroatoms. The Bertz CT molecular complexity index is 988. The van der Waals surface area contributed by atoms with Crippen molar-refractivity contribution in [3.63, 3.8) is 0 Å². The molecule has 1 saturated heterocycles. The molecule has 1 aliphatic heterocycles. The quantitative estimate of drug-likeness (QED) is 0.657. The van der Waals surface area contributed by atoms with Gasteiger partial charge < -0.3 is 9.84 Å². The zero-order valence-corrected chi connectivity index (χ0v) is 17.6. The predicted octanol–water partition coefficient (Wildman–Crippen LogP) is 4.46. The van der Waals surface area contributed by atoms with Crippen LogP contribution in [0.25, 0.3) is 11.4 Å². The molecule has 1 aliphatic rings. The zero-order valence-electron chi connectivity index (χ0n) is 17.6. The highest BCUT2D eigenvalue weighted by Crippen LogP contribution is 2.22. The molecule has 3 aromatic rings. The molecular formula is C24H28N4O2. The highest BCUT2D eigenvalue weighted by molar-refractivity contribution is 5.92. The van der Waals surface area contributed by atoms with Crippen LogP contribution in [0.4, 0.5) is 5.69 Å². The summed E-state index contributed by atoms with van der Waals surface area (Å²) < 4.78 is 5.45. The van der Waals surface area contributed by atoms with Crippen molar-refractivity contribution in [2.45, 2.75) is 39.7 Å². The lowest BCUT2D eigenvalue weighted by Gasteiger charge is -2.30. The van der Waals surface area contributed by atoms with Crippen LogP contribution >= 0.6 is 0 Å². The minimum absolute atomic E-state index is 0.0395. The van der Waals surface area contributed by atoms with Crippen LogP contribution in [0.3, 0.4) is 0 Å². The summed E-state index contributed by atoms with van der Waals surface area (Å²) in [7, 11) is 0. The molecule has 6 nitrogen and oxygen atoms in total. The van der Waals surface area contributed by atoms with E-state index in [0.717, 1.165) is 43.6 Å². The van der Waals surface area contributed by atoms with E-state index in [-0.39, 0.29) is 11.8 Å². The van der Waals surface area contributed by atoms with Crippen LogP contribution in [0, 0.1) is 12.8 Å². The molecule has 0 saturated carbocycles. The van der Waals surface area contributed by atoms with Crippen LogP contribution in [0.5, 0.6) is 0 Å². The van der Waals surface area contributed by atoms with Crippen molar-refractivity contribution < 1.29 is 9.32 Å². The number of benzene rings is 2. The Kier molecular flexibility index (Phi) is 6.23. The fourth-order valence-corrected chi connectivity index (χ4v) is 3.83. The summed E-state index contributed by atoms with van der Waals surface area (Å²) in [6, 6.07) is 16.2. The van der Waals surface area contributed by atoms with Gasteiger partial charge in [0.25, 0.3) is 0 Å². The van der Waals surface area contributed by atoms with E-state index in [1.807, 2.05) is 37.3 Å². The fraction of sp³-hybridized carbons (Fsp3) is 0.375. The number of aryl methyl sites for hydroxylation is 2. The Morgan fingerprint density at radius 2 is 1.93 bits per heavy atom. The second kappa shape index (κ2) is 9.22. The Labute approximate surface area is 177 Å². The van der Waals surface area contributed by atoms with Crippen molar-refractivity contribution in [1.29, 1.82) is 0 Å². The number of aromatic nitrogens is 2. The second-order valence-corrected chi connectivity index (χ2v) is 7.97. The predicted molar refractivity (Wildman–Crippen MR) is 117 cm³/mol. The fourth-order valence-electron chi connectivity index (χ4n) is 3.83. The van der Waals surface area contributed by atoms with E-state index in [0.29, 0.717) is 18.3 Å². The van der Waals surface area contributed by atoms with Crippen LogP contribution in [0.1, 0.15) is 36.8 Å². The van der Waals surface area contributed by atoms with Gasteiger partial charge >= 0.3 is 0 Å². The number of piperidine rings is 1. The largest absolute Gasteiger partial charge is 0.338 e. The number of carbonyl (C=O) groups excluding carboxylic acids is 1. The van der Waals surface area contributed by atoms with Gasteiger partial charge in [-0.25, -0.2) is 0 Å². The first-order valence-electron chi connectivity index (χ1n) is 10.6. The third-order valence-corrected chi connectivity index (χ3v) is 5.69. The molecular weight excluding hydrogens is 376 g/mol. The van der Waals surface area contributed by atoms with Crippen molar-refractivity contribution in [3.8, 4) is 11.4 Å². The van der Waals surface area contributed by atoms with E-state index < -0.39 is 0 Å². The van der Waals surface area contributed by atoms with Crippen molar-refractivity contribution in [2.75, 3.05) is 18.4 Å². The van der Waals surface area contributed by atoms with Crippen molar-refractivity contribution in [3.05, 3.63) is 65.5 Å². The molecule has 156 valence electrons. The number of likely N-dealkylation sites (tertiary alicyclic amines) is 1. The molecule has 1 aromatic heterocycles. The minimum atomic E-state index is 0.0395. The molecule has 0 unspecified atom stereocenters. The number of nitrogens with one attached hydrogen (secondary N) is 1. The van der Waals surface area contributed by atoms with E-state index in [9.17, 15) is 4.79 Å². The first-order chi connectivity index (χ1) is 14.6. The maximum Gasteiger partial charge on any atom is 0.241 e. The first-order valence-corrected chi connectivity index (χ1v) is 10.6. The van der Waals surface area contributed by atoms with Crippen molar-refractivity contribution in [1.82, 2.24) is 15.0 Å². The zero-order chi connectivity index (χ0) is 20.9. The Morgan fingerprint density at radius 3 is 2.63 bits per heavy atom. The SMILES string of the molecule is CCc1ccc(NC(=O)C2CCN(Cc3nc(-c4cccc(C)c4)no3)CC2)cc1. The van der Waals surface area contributed by atoms with E-state index in [1.165, 1.54) is 11.1 Å². The van der Waals surface area contributed by atoms with Gasteiger partial charge in [0.2, 0.25) is 17.6 Å². The van der Waals surface area contributed by atoms with Gasteiger partial charge in [-0.2, -0.15) is 4.98 Å². The highest BCUT2D eigenvalue weighted by Gasteiger charge is 2.26. The standard InChI is InChI=1S/C24H28N4O2/c1-3-18-7-9-21(10-8-18)25-24(29)19-11-13-28(14-12-19)16-22-26-23(27-30-22)20-6-4-5-17(2)15-20/h4-10,15,19H,3,11-14,16H2,1-2H3,(H,25,29). The summed E-state index contributed by atoms with van der Waals surface area (Å²) in [5.41, 5.74) is 4.27. The van der Waals surface area contributed by atoms with Crippen molar-refractivity contribution in [2.24, 2.45) is 5.92 Å². The molecule has 0 radical (unpaired) electrons. The van der Waals surface area contributed by atoms with Crippen LogP contribution in [-0.2, 0) is 17.8 Å². The number of carbonyl (C=O) groups is 1. The van der Waals surface area contributed by atoms with Gasteiger partial charge in [-0.05, 0) is 63.0 Å². The third kappa shape index (κ3) is 4.94. The van der Waals surface area contributed by atoms with Crippen LogP contribution in [0.15, 0.2) is 53.1 Å². The monoisotopic (exact) mass is 404 g/mol. The van der Waals surface area contributed by atoms with E-state index in [1.54, 1.807) is 0 Å². The summed E-state index contributed by atoms with van der Waals surface area (Å²) in [4.78, 5) is 19.4. The average Bonchev–Trinajstić information content (AvgIpc) is 3.23. The maximum absolute atomic E-state index is 12.6. The van der Waals surface area contributed by atoms with E-state index in [2.05, 4.69) is 45.5 Å². The number of anilines is 1. The van der Waals surface area contributed by atoms with E-state index >= 15 is 0 Å². The Hall–Kier alpha value is -2.99. The lowest BCUT2D eigenvalue weighted by Crippen LogP contribution is -2.37. The number of rotatable bonds is 6. The summed E-state index contributed by atoms with van der Waals surface area (Å²) in [6.45, 7) is 6.47. The molecule has 2 heterocycles. The molecule has 0 spiro atoms. The van der Waals surface area contributed by atoms with Gasteiger partial charge in [-0.1, -0.05) is 48.0 Å². The Morgan fingerprint density at radius 1 is 1.17 bits per heavy atom. The maximum atomic E-state index is 12.6. The number of nitrogens with zero attached hydrogens (tertiary/aromatic N) is 3. The summed E-state index contributed by atoms with van der Waals surface area (Å²) in [5.74, 6) is 1.39. The lowest BCUT2D eigenvalue weighted by atomic mass is 9.96. The van der Waals surface area contributed by atoms with Crippen LogP contribution in [-0.4, -0.2) is 34.0 Å². The molecule has 1 fully saturated rings. The third-order valence-electron chi connectivity index (χ3n) is 5.69. The molecule has 4 rings (SSSR count). The molecule has 2 aromatic carbocycles. The van der Waals surface area contributed by atoms with E-state index in [4.69, 9.17) is 4.52 Å². The molecule has 0 atom stereocenters. The van der Waals surface area contributed by atoms with Crippen LogP contribution < -0.4 is 5.32 Å². The summed E-state index contributed by atoms with van der Waals surface area (Å²) in [5, 5.41) is 7.17. The van der Waals surface area contributed by atoms with Gasteiger partial charge in [0.15, 0.2) is 0 Å². The molecule has 30 heavy (non-hydrogen) atoms. The number of amides is 1. The smallest absolute Gasteiger partial charge is 0.241 e. The van der Waals surface area contributed by atoms with Gasteiger partial charge in [0.1, 0.15) is 0 Å². The number of hydrogen-bond acceptors (Lipinski definition) is 5. The molecule has 1 amide bonds. The van der Waals surface area contributed by atoms with Gasteiger partial charge in [0, 0.05) is 17.2 Å². The lowest BCUT2D eigenvalue weighted by molar-refractivity contribution is -0.121. The van der Waals surface area contributed by atoms with Gasteiger partial charge in [-0.15, -0.1) is 0 Å². The van der Waals surface area contributed by atoms with Gasteiger partial charge in [0.05, 0.1) is 6.54 Å². The van der Waals surface area contributed by atoms with Crippen molar-refractivity contribution >= 4 is 11.6 Å². The summed E-state index contributed by atoms with van der Waals surface area (Å²) >= 11 is 0. The molecule has 0 bridgehead atoms. The molecule has 0 aliphatic carbocycles. The van der Waals surface area contributed by atoms with Gasteiger partial charge in [-0.3, -0.25) is 9.69 Å².